The van der Waals surface area contributed by atoms with E-state index in [2.05, 4.69) is 41.7 Å². The molecule has 0 radical (unpaired) electrons. The molecule has 3 aromatic rings. The Hall–Kier alpha value is -1.95. The Morgan fingerprint density at radius 2 is 1.92 bits per heavy atom. The van der Waals surface area contributed by atoms with Crippen LogP contribution in [0.5, 0.6) is 0 Å². The lowest BCUT2D eigenvalue weighted by Crippen LogP contribution is -2.19. The lowest BCUT2D eigenvalue weighted by Gasteiger charge is -2.21. The predicted octanol–water partition coefficient (Wildman–Crippen LogP) is 4.05. The van der Waals surface area contributed by atoms with Crippen molar-refractivity contribution in [3.63, 3.8) is 0 Å². The summed E-state index contributed by atoms with van der Waals surface area (Å²) in [5.74, 6) is 0.259. The molecule has 0 unspecified atom stereocenters. The normalized spacial score (nSPS) is 12.1. The molecule has 126 valence electrons. The minimum Gasteiger partial charge on any atom is -0.309 e. The van der Waals surface area contributed by atoms with E-state index in [1.54, 1.807) is 25.3 Å². The molecule has 0 saturated carbocycles. The van der Waals surface area contributed by atoms with Gasteiger partial charge >= 0.3 is 0 Å². The van der Waals surface area contributed by atoms with Crippen LogP contribution in [0.2, 0.25) is 0 Å². The van der Waals surface area contributed by atoms with E-state index in [1.165, 1.54) is 10.5 Å². The third kappa shape index (κ3) is 2.79. The number of aromatic nitrogens is 3. The number of halogens is 2. The topological polar surface area (TPSA) is 39.3 Å². The Labute approximate surface area is 148 Å². The number of rotatable bonds is 2. The summed E-state index contributed by atoms with van der Waals surface area (Å²) in [7, 11) is 0. The average molecular weight is 392 g/mol. The molecule has 3 rings (SSSR count). The van der Waals surface area contributed by atoms with Crippen molar-refractivity contribution in [1.82, 2.24) is 14.0 Å². The van der Waals surface area contributed by atoms with Crippen LogP contribution in [-0.4, -0.2) is 14.0 Å². The first-order chi connectivity index (χ1) is 11.2. The van der Waals surface area contributed by atoms with Crippen LogP contribution in [0.4, 0.5) is 4.39 Å². The number of imidazole rings is 1. The molecule has 24 heavy (non-hydrogen) atoms. The number of aryl methyl sites for hydroxylation is 1. The molecule has 2 heterocycles. The molecule has 0 N–H and O–H groups in total. The average Bonchev–Trinajstić information content (AvgIpc) is 2.86. The number of hydrogen-bond acceptors (Lipinski definition) is 2. The second-order valence-corrected chi connectivity index (χ2v) is 7.72. The van der Waals surface area contributed by atoms with Crippen LogP contribution in [0.25, 0.3) is 5.78 Å². The second-order valence-electron chi connectivity index (χ2n) is 6.93. The Bertz CT molecular complexity index is 982. The van der Waals surface area contributed by atoms with E-state index in [0.29, 0.717) is 28.1 Å². The predicted molar refractivity (Wildman–Crippen MR) is 96.1 cm³/mol. The molecule has 0 aliphatic heterocycles. The fourth-order valence-electron chi connectivity index (χ4n) is 2.76. The van der Waals surface area contributed by atoms with Gasteiger partial charge in [0.25, 0.3) is 5.56 Å². The highest BCUT2D eigenvalue weighted by atomic mass is 79.9. The first kappa shape index (κ1) is 16.9. The summed E-state index contributed by atoms with van der Waals surface area (Å²) in [6.07, 6.45) is 1.80. The van der Waals surface area contributed by atoms with Crippen LogP contribution >= 0.6 is 15.9 Å². The van der Waals surface area contributed by atoms with Crippen molar-refractivity contribution in [1.29, 1.82) is 0 Å². The molecule has 0 amide bonds. The van der Waals surface area contributed by atoms with Crippen molar-refractivity contribution in [3.05, 3.63) is 68.1 Å². The number of hydrogen-bond donors (Lipinski definition) is 0. The van der Waals surface area contributed by atoms with Crippen molar-refractivity contribution in [2.24, 2.45) is 0 Å². The van der Waals surface area contributed by atoms with Crippen LogP contribution in [0.3, 0.4) is 0 Å². The summed E-state index contributed by atoms with van der Waals surface area (Å²) in [6.45, 7) is 8.29. The Morgan fingerprint density at radius 1 is 1.25 bits per heavy atom. The third-order valence-corrected chi connectivity index (χ3v) is 4.96. The summed E-state index contributed by atoms with van der Waals surface area (Å²) < 4.78 is 18.0. The smallest absolute Gasteiger partial charge is 0.273 e. The molecule has 0 aliphatic rings. The summed E-state index contributed by atoms with van der Waals surface area (Å²) in [6, 6.07) is 6.67. The number of benzene rings is 1. The van der Waals surface area contributed by atoms with Gasteiger partial charge in [0, 0.05) is 22.9 Å². The van der Waals surface area contributed by atoms with Crippen molar-refractivity contribution >= 4 is 21.7 Å². The maximum Gasteiger partial charge on any atom is 0.273 e. The highest BCUT2D eigenvalue weighted by molar-refractivity contribution is 9.10. The SMILES string of the molecule is Cc1nc2n(Cc3ccccc3F)c(C(C)(C)C)cn2c(=O)c1Br. The molecule has 1 aromatic carbocycles. The fourth-order valence-corrected chi connectivity index (χ4v) is 3.04. The van der Waals surface area contributed by atoms with E-state index >= 15 is 0 Å². The molecule has 0 saturated heterocycles. The second kappa shape index (κ2) is 5.84. The zero-order chi connectivity index (χ0) is 17.6. The van der Waals surface area contributed by atoms with Crippen molar-refractivity contribution in [2.75, 3.05) is 0 Å². The zero-order valence-electron chi connectivity index (χ0n) is 14.1. The molecule has 0 bridgehead atoms. The molecule has 0 spiro atoms. The molecule has 0 aliphatic carbocycles. The standard InChI is InChI=1S/C18H19BrFN3O/c1-11-15(19)16(24)23-10-14(18(2,3)4)22(17(23)21-11)9-12-7-5-6-8-13(12)20/h5-8,10H,9H2,1-4H3. The van der Waals surface area contributed by atoms with Crippen LogP contribution in [-0.2, 0) is 12.0 Å². The van der Waals surface area contributed by atoms with Gasteiger partial charge in [-0.1, -0.05) is 39.0 Å². The van der Waals surface area contributed by atoms with Crippen molar-refractivity contribution < 1.29 is 4.39 Å². The van der Waals surface area contributed by atoms with Crippen LogP contribution in [0, 0.1) is 12.7 Å². The highest BCUT2D eigenvalue weighted by Gasteiger charge is 2.24. The van der Waals surface area contributed by atoms with Crippen molar-refractivity contribution in [2.45, 2.75) is 39.7 Å². The van der Waals surface area contributed by atoms with Crippen LogP contribution in [0.15, 0.2) is 39.7 Å². The van der Waals surface area contributed by atoms with Gasteiger partial charge in [-0.3, -0.25) is 9.20 Å². The first-order valence-electron chi connectivity index (χ1n) is 7.72. The zero-order valence-corrected chi connectivity index (χ0v) is 15.7. The Morgan fingerprint density at radius 3 is 2.54 bits per heavy atom. The van der Waals surface area contributed by atoms with E-state index < -0.39 is 0 Å². The monoisotopic (exact) mass is 391 g/mol. The van der Waals surface area contributed by atoms with Gasteiger partial charge in [-0.05, 0) is 28.9 Å². The Kier molecular flexibility index (Phi) is 4.11. The number of fused-ring (bicyclic) bond motifs is 1. The summed E-state index contributed by atoms with van der Waals surface area (Å²) in [5, 5.41) is 0. The van der Waals surface area contributed by atoms with Crippen LogP contribution < -0.4 is 5.56 Å². The van der Waals surface area contributed by atoms with Gasteiger partial charge in [0.1, 0.15) is 10.3 Å². The molecular weight excluding hydrogens is 373 g/mol. The quantitative estimate of drug-likeness (QED) is 0.660. The minimum atomic E-state index is -0.264. The van der Waals surface area contributed by atoms with E-state index in [-0.39, 0.29) is 16.8 Å². The molecule has 6 heteroatoms. The van der Waals surface area contributed by atoms with Gasteiger partial charge < -0.3 is 4.57 Å². The van der Waals surface area contributed by atoms with E-state index in [4.69, 9.17) is 0 Å². The molecule has 4 nitrogen and oxygen atoms in total. The highest BCUT2D eigenvalue weighted by Crippen LogP contribution is 2.26. The van der Waals surface area contributed by atoms with Crippen LogP contribution in [0.1, 0.15) is 37.7 Å². The molecule has 2 aromatic heterocycles. The minimum absolute atomic E-state index is 0.157. The maximum atomic E-state index is 14.1. The number of nitrogens with zero attached hydrogens (tertiary/aromatic N) is 3. The van der Waals surface area contributed by atoms with Gasteiger partial charge in [-0.2, -0.15) is 0 Å². The van der Waals surface area contributed by atoms with Crippen molar-refractivity contribution in [3.8, 4) is 0 Å². The van der Waals surface area contributed by atoms with E-state index in [0.717, 1.165) is 5.69 Å². The summed E-state index contributed by atoms with van der Waals surface area (Å²) >= 11 is 3.30. The molecule has 0 atom stereocenters. The van der Waals surface area contributed by atoms with Gasteiger partial charge in [0.05, 0.1) is 12.2 Å². The van der Waals surface area contributed by atoms with Gasteiger partial charge in [-0.15, -0.1) is 0 Å². The Balaban J connectivity index is 2.32. The fraction of sp³-hybridized carbons (Fsp3) is 0.333. The summed E-state index contributed by atoms with van der Waals surface area (Å²) in [4.78, 5) is 17.1. The van der Waals surface area contributed by atoms with E-state index in [9.17, 15) is 9.18 Å². The first-order valence-corrected chi connectivity index (χ1v) is 8.51. The maximum absolute atomic E-state index is 14.1. The summed E-state index contributed by atoms with van der Waals surface area (Å²) in [5.41, 5.74) is 1.73. The molecule has 0 fully saturated rings. The third-order valence-electron chi connectivity index (χ3n) is 4.05. The molecular formula is C18H19BrFN3O. The largest absolute Gasteiger partial charge is 0.309 e. The lowest BCUT2D eigenvalue weighted by molar-refractivity contribution is 0.527. The van der Waals surface area contributed by atoms with E-state index in [1.807, 2.05) is 10.6 Å². The van der Waals surface area contributed by atoms with Gasteiger partial charge in [0.2, 0.25) is 5.78 Å². The van der Waals surface area contributed by atoms with Gasteiger partial charge in [-0.25, -0.2) is 9.37 Å². The lowest BCUT2D eigenvalue weighted by atomic mass is 9.92. The van der Waals surface area contributed by atoms with Gasteiger partial charge in [0.15, 0.2) is 0 Å².